The van der Waals surface area contributed by atoms with E-state index >= 15 is 0 Å². The average molecular weight is 224 g/mol. The van der Waals surface area contributed by atoms with Gasteiger partial charge in [0.05, 0.1) is 0 Å². The standard InChI is InChI=1S/C13H24N2O/c1-7-10(8-2)11-14-12(16-15-11)9(3)13(4,5)6/h9-10H,7-8H2,1-6H3/t9-/m1/s1. The lowest BCUT2D eigenvalue weighted by atomic mass is 9.82. The van der Waals surface area contributed by atoms with Crippen LogP contribution in [-0.4, -0.2) is 10.1 Å². The first kappa shape index (κ1) is 13.2. The van der Waals surface area contributed by atoms with Crippen molar-refractivity contribution in [2.75, 3.05) is 0 Å². The number of nitrogens with zero attached hydrogens (tertiary/aromatic N) is 2. The Morgan fingerprint density at radius 1 is 1.19 bits per heavy atom. The predicted octanol–water partition coefficient (Wildman–Crippen LogP) is 4.12. The van der Waals surface area contributed by atoms with E-state index in [9.17, 15) is 0 Å². The van der Waals surface area contributed by atoms with Gasteiger partial charge in [-0.05, 0) is 18.3 Å². The Morgan fingerprint density at radius 3 is 2.19 bits per heavy atom. The first-order valence-electron chi connectivity index (χ1n) is 6.23. The molecule has 1 atom stereocenters. The van der Waals surface area contributed by atoms with Crippen LogP contribution in [0.2, 0.25) is 0 Å². The molecule has 1 rings (SSSR count). The fourth-order valence-electron chi connectivity index (χ4n) is 1.61. The van der Waals surface area contributed by atoms with Crippen LogP contribution in [0.25, 0.3) is 0 Å². The van der Waals surface area contributed by atoms with Crippen LogP contribution in [0.5, 0.6) is 0 Å². The molecule has 0 N–H and O–H groups in total. The molecule has 0 saturated carbocycles. The van der Waals surface area contributed by atoms with Crippen molar-refractivity contribution in [1.82, 2.24) is 10.1 Å². The summed E-state index contributed by atoms with van der Waals surface area (Å²) in [6.07, 6.45) is 2.14. The van der Waals surface area contributed by atoms with E-state index in [4.69, 9.17) is 4.52 Å². The second kappa shape index (κ2) is 4.98. The van der Waals surface area contributed by atoms with Crippen LogP contribution in [-0.2, 0) is 0 Å². The average Bonchev–Trinajstić information content (AvgIpc) is 2.66. The molecule has 0 bridgehead atoms. The smallest absolute Gasteiger partial charge is 0.230 e. The van der Waals surface area contributed by atoms with Crippen LogP contribution < -0.4 is 0 Å². The summed E-state index contributed by atoms with van der Waals surface area (Å²) in [5.41, 5.74) is 0.164. The fraction of sp³-hybridized carbons (Fsp3) is 0.846. The molecule has 0 aliphatic rings. The van der Waals surface area contributed by atoms with Gasteiger partial charge in [0.1, 0.15) is 0 Å². The van der Waals surface area contributed by atoms with Gasteiger partial charge >= 0.3 is 0 Å². The molecule has 0 radical (unpaired) electrons. The van der Waals surface area contributed by atoms with E-state index in [1.807, 2.05) is 0 Å². The highest BCUT2D eigenvalue weighted by molar-refractivity contribution is 5.00. The van der Waals surface area contributed by atoms with Gasteiger partial charge < -0.3 is 4.52 Å². The molecule has 1 aromatic heterocycles. The van der Waals surface area contributed by atoms with Crippen LogP contribution in [0.15, 0.2) is 4.52 Å². The fourth-order valence-corrected chi connectivity index (χ4v) is 1.61. The van der Waals surface area contributed by atoms with Gasteiger partial charge in [-0.1, -0.05) is 46.7 Å². The van der Waals surface area contributed by atoms with Gasteiger partial charge in [0, 0.05) is 11.8 Å². The summed E-state index contributed by atoms with van der Waals surface area (Å²) < 4.78 is 5.38. The molecule has 0 amide bonds. The maximum Gasteiger partial charge on any atom is 0.230 e. The van der Waals surface area contributed by atoms with E-state index in [-0.39, 0.29) is 5.41 Å². The zero-order valence-corrected chi connectivity index (χ0v) is 11.4. The SMILES string of the molecule is CCC(CC)c1noc([C@@H](C)C(C)(C)C)n1. The summed E-state index contributed by atoms with van der Waals surface area (Å²) in [7, 11) is 0. The van der Waals surface area contributed by atoms with Crippen LogP contribution in [0.1, 0.15) is 77.9 Å². The van der Waals surface area contributed by atoms with Crippen molar-refractivity contribution in [3.63, 3.8) is 0 Å². The zero-order chi connectivity index (χ0) is 12.3. The maximum absolute atomic E-state index is 5.38. The molecule has 3 nitrogen and oxygen atoms in total. The molecule has 0 fully saturated rings. The van der Waals surface area contributed by atoms with Gasteiger partial charge in [0.15, 0.2) is 5.82 Å². The zero-order valence-electron chi connectivity index (χ0n) is 11.4. The molecule has 1 aromatic rings. The minimum absolute atomic E-state index is 0.164. The summed E-state index contributed by atoms with van der Waals surface area (Å²) in [5.74, 6) is 2.37. The molecule has 0 aliphatic carbocycles. The van der Waals surface area contributed by atoms with Crippen LogP contribution in [0.3, 0.4) is 0 Å². The Balaban J connectivity index is 2.86. The van der Waals surface area contributed by atoms with E-state index in [0.29, 0.717) is 11.8 Å². The van der Waals surface area contributed by atoms with Gasteiger partial charge in [0.2, 0.25) is 5.89 Å². The van der Waals surface area contributed by atoms with E-state index in [1.54, 1.807) is 0 Å². The highest BCUT2D eigenvalue weighted by atomic mass is 16.5. The summed E-state index contributed by atoms with van der Waals surface area (Å²) in [6, 6.07) is 0. The molecule has 0 aliphatic heterocycles. The first-order valence-corrected chi connectivity index (χ1v) is 6.23. The molecule has 0 aromatic carbocycles. The molecule has 0 spiro atoms. The number of hydrogen-bond donors (Lipinski definition) is 0. The van der Waals surface area contributed by atoms with Gasteiger partial charge in [-0.3, -0.25) is 0 Å². The molecule has 3 heteroatoms. The summed E-state index contributed by atoms with van der Waals surface area (Å²) in [5, 5.41) is 4.11. The van der Waals surface area contributed by atoms with E-state index < -0.39 is 0 Å². The molecular formula is C13H24N2O. The maximum atomic E-state index is 5.38. The minimum Gasteiger partial charge on any atom is -0.339 e. The number of rotatable bonds is 4. The van der Waals surface area contributed by atoms with Crippen molar-refractivity contribution in [2.24, 2.45) is 5.41 Å². The Labute approximate surface area is 98.6 Å². The van der Waals surface area contributed by atoms with Crippen molar-refractivity contribution < 1.29 is 4.52 Å². The minimum atomic E-state index is 0.164. The molecule has 0 unspecified atom stereocenters. The van der Waals surface area contributed by atoms with E-state index in [1.165, 1.54) is 0 Å². The third-order valence-corrected chi connectivity index (χ3v) is 3.48. The predicted molar refractivity (Wildman–Crippen MR) is 65.5 cm³/mol. The quantitative estimate of drug-likeness (QED) is 0.772. The van der Waals surface area contributed by atoms with Gasteiger partial charge in [-0.15, -0.1) is 0 Å². The second-order valence-corrected chi connectivity index (χ2v) is 5.59. The lowest BCUT2D eigenvalue weighted by molar-refractivity contribution is 0.261. The Bertz CT molecular complexity index is 321. The van der Waals surface area contributed by atoms with Crippen LogP contribution >= 0.6 is 0 Å². The van der Waals surface area contributed by atoms with Crippen molar-refractivity contribution in [1.29, 1.82) is 0 Å². The normalized spacial score (nSPS) is 14.4. The molecule has 0 saturated heterocycles. The monoisotopic (exact) mass is 224 g/mol. The summed E-state index contributed by atoms with van der Waals surface area (Å²) in [6.45, 7) is 13.1. The van der Waals surface area contributed by atoms with Crippen molar-refractivity contribution in [2.45, 2.75) is 66.2 Å². The lowest BCUT2D eigenvalue weighted by Gasteiger charge is -2.23. The first-order chi connectivity index (χ1) is 7.40. The Hall–Kier alpha value is -0.860. The highest BCUT2D eigenvalue weighted by Gasteiger charge is 2.27. The summed E-state index contributed by atoms with van der Waals surface area (Å²) in [4.78, 5) is 4.54. The van der Waals surface area contributed by atoms with Crippen LogP contribution in [0.4, 0.5) is 0 Å². The number of hydrogen-bond acceptors (Lipinski definition) is 3. The second-order valence-electron chi connectivity index (χ2n) is 5.59. The largest absolute Gasteiger partial charge is 0.339 e. The van der Waals surface area contributed by atoms with Crippen molar-refractivity contribution in [3.8, 4) is 0 Å². The van der Waals surface area contributed by atoms with Gasteiger partial charge in [-0.25, -0.2) is 0 Å². The topological polar surface area (TPSA) is 38.9 Å². The van der Waals surface area contributed by atoms with Crippen LogP contribution in [0, 0.1) is 5.41 Å². The van der Waals surface area contributed by atoms with Gasteiger partial charge in [0.25, 0.3) is 0 Å². The Morgan fingerprint density at radius 2 is 1.75 bits per heavy atom. The van der Waals surface area contributed by atoms with Crippen molar-refractivity contribution >= 4 is 0 Å². The molecule has 1 heterocycles. The third-order valence-electron chi connectivity index (χ3n) is 3.48. The van der Waals surface area contributed by atoms with Crippen molar-refractivity contribution in [3.05, 3.63) is 11.7 Å². The third kappa shape index (κ3) is 2.83. The summed E-state index contributed by atoms with van der Waals surface area (Å²) >= 11 is 0. The lowest BCUT2D eigenvalue weighted by Crippen LogP contribution is -2.15. The van der Waals surface area contributed by atoms with Gasteiger partial charge in [-0.2, -0.15) is 4.98 Å². The Kier molecular flexibility index (Phi) is 4.11. The molecule has 92 valence electrons. The number of aromatic nitrogens is 2. The molecule has 16 heavy (non-hydrogen) atoms. The highest BCUT2D eigenvalue weighted by Crippen LogP contribution is 2.34. The molecular weight excluding hydrogens is 200 g/mol. The van der Waals surface area contributed by atoms with E-state index in [0.717, 1.165) is 24.6 Å². The van der Waals surface area contributed by atoms with E-state index in [2.05, 4.69) is 51.7 Å².